The molecule has 2 aromatic carbocycles. The van der Waals surface area contributed by atoms with Gasteiger partial charge in [-0.15, -0.1) is 5.10 Å². The van der Waals surface area contributed by atoms with Crippen LogP contribution in [0.15, 0.2) is 42.5 Å². The zero-order chi connectivity index (χ0) is 21.3. The van der Waals surface area contributed by atoms with E-state index in [4.69, 9.17) is 4.74 Å². The molecular formula is C23H27N5O2. The van der Waals surface area contributed by atoms with Crippen LogP contribution in [0.4, 0.5) is 5.69 Å². The number of nitrogens with zero attached hydrogens (tertiary/aromatic N) is 5. The summed E-state index contributed by atoms with van der Waals surface area (Å²) in [5.74, 6) is 0.784. The molecule has 1 fully saturated rings. The second kappa shape index (κ2) is 8.18. The Morgan fingerprint density at radius 1 is 0.967 bits per heavy atom. The van der Waals surface area contributed by atoms with Crippen LogP contribution < -0.4 is 9.64 Å². The zero-order valence-corrected chi connectivity index (χ0v) is 17.9. The molecule has 0 aliphatic carbocycles. The first kappa shape index (κ1) is 19.9. The fourth-order valence-electron chi connectivity index (χ4n) is 3.82. The number of anilines is 1. The molecule has 1 aliphatic heterocycles. The highest BCUT2D eigenvalue weighted by Crippen LogP contribution is 2.28. The second-order valence-electron chi connectivity index (χ2n) is 7.65. The monoisotopic (exact) mass is 405 g/mol. The Morgan fingerprint density at radius 3 is 2.40 bits per heavy atom. The van der Waals surface area contributed by atoms with E-state index in [0.29, 0.717) is 18.8 Å². The van der Waals surface area contributed by atoms with Crippen LogP contribution >= 0.6 is 0 Å². The molecule has 0 bridgehead atoms. The molecular weight excluding hydrogens is 378 g/mol. The first-order chi connectivity index (χ1) is 14.5. The number of amides is 1. The summed E-state index contributed by atoms with van der Waals surface area (Å²) in [6.07, 6.45) is 0. The number of aromatic nitrogens is 3. The van der Waals surface area contributed by atoms with Crippen molar-refractivity contribution < 1.29 is 9.53 Å². The second-order valence-corrected chi connectivity index (χ2v) is 7.65. The minimum absolute atomic E-state index is 0.0674. The van der Waals surface area contributed by atoms with Crippen LogP contribution in [0.3, 0.4) is 0 Å². The Balaban J connectivity index is 1.48. The summed E-state index contributed by atoms with van der Waals surface area (Å²) in [5.41, 5.74) is 5.56. The molecule has 0 radical (unpaired) electrons. The van der Waals surface area contributed by atoms with Gasteiger partial charge in [-0.3, -0.25) is 4.79 Å². The van der Waals surface area contributed by atoms with Gasteiger partial charge in [-0.25, -0.2) is 4.68 Å². The number of hydrogen-bond acceptors (Lipinski definition) is 5. The van der Waals surface area contributed by atoms with E-state index in [1.807, 2.05) is 36.1 Å². The van der Waals surface area contributed by atoms with E-state index in [-0.39, 0.29) is 5.91 Å². The largest absolute Gasteiger partial charge is 0.495 e. The maximum atomic E-state index is 13.1. The third-order valence-electron chi connectivity index (χ3n) is 5.82. The number of piperazine rings is 1. The summed E-state index contributed by atoms with van der Waals surface area (Å²) in [6.45, 7) is 8.80. The van der Waals surface area contributed by atoms with Crippen molar-refractivity contribution in [2.24, 2.45) is 0 Å². The lowest BCUT2D eigenvalue weighted by molar-refractivity contribution is 0.0740. The Labute approximate surface area is 176 Å². The van der Waals surface area contributed by atoms with Crippen molar-refractivity contribution in [3.8, 4) is 11.4 Å². The Hall–Kier alpha value is -3.35. The van der Waals surface area contributed by atoms with Gasteiger partial charge in [0.1, 0.15) is 5.75 Å². The lowest BCUT2D eigenvalue weighted by Crippen LogP contribution is -2.49. The minimum Gasteiger partial charge on any atom is -0.495 e. The molecule has 7 nitrogen and oxygen atoms in total. The van der Waals surface area contributed by atoms with Gasteiger partial charge in [0.25, 0.3) is 5.91 Å². The molecule has 1 saturated heterocycles. The average Bonchev–Trinajstić information content (AvgIpc) is 3.16. The standard InChI is InChI=1S/C23H27N5O2/c1-16-9-10-19(15-17(16)2)28-18(3)22(24-25-28)23(29)27-13-11-26(12-14-27)20-7-5-6-8-21(20)30-4/h5-10,15H,11-14H2,1-4H3. The van der Waals surface area contributed by atoms with Crippen molar-refractivity contribution in [2.75, 3.05) is 38.2 Å². The molecule has 4 rings (SSSR count). The smallest absolute Gasteiger partial charge is 0.276 e. The SMILES string of the molecule is COc1ccccc1N1CCN(C(=O)c2nnn(-c3ccc(C)c(C)c3)c2C)CC1. The molecule has 1 aliphatic rings. The highest BCUT2D eigenvalue weighted by Gasteiger charge is 2.27. The number of methoxy groups -OCH3 is 1. The van der Waals surface area contributed by atoms with E-state index in [1.165, 1.54) is 11.1 Å². The molecule has 0 N–H and O–H groups in total. The molecule has 0 spiro atoms. The van der Waals surface area contributed by atoms with Crippen LogP contribution in [0.2, 0.25) is 0 Å². The summed E-state index contributed by atoms with van der Waals surface area (Å²) in [4.78, 5) is 17.2. The van der Waals surface area contributed by atoms with Crippen LogP contribution in [-0.2, 0) is 0 Å². The number of para-hydroxylation sites is 2. The number of carbonyl (C=O) groups is 1. The number of rotatable bonds is 4. The van der Waals surface area contributed by atoms with Crippen molar-refractivity contribution in [3.63, 3.8) is 0 Å². The van der Waals surface area contributed by atoms with E-state index in [9.17, 15) is 4.79 Å². The summed E-state index contributed by atoms with van der Waals surface area (Å²) < 4.78 is 7.22. The molecule has 0 atom stereocenters. The van der Waals surface area contributed by atoms with Gasteiger partial charge in [0.2, 0.25) is 0 Å². The number of ether oxygens (including phenoxy) is 1. The van der Waals surface area contributed by atoms with Crippen LogP contribution in [0.25, 0.3) is 5.69 Å². The Kier molecular flexibility index (Phi) is 5.44. The number of carbonyl (C=O) groups excluding carboxylic acids is 1. The first-order valence-corrected chi connectivity index (χ1v) is 10.2. The van der Waals surface area contributed by atoms with Crippen molar-refractivity contribution >= 4 is 11.6 Å². The van der Waals surface area contributed by atoms with E-state index < -0.39 is 0 Å². The Morgan fingerprint density at radius 2 is 1.70 bits per heavy atom. The van der Waals surface area contributed by atoms with Gasteiger partial charge in [0.05, 0.1) is 24.2 Å². The molecule has 0 unspecified atom stereocenters. The van der Waals surface area contributed by atoms with Crippen molar-refractivity contribution in [1.29, 1.82) is 0 Å². The third kappa shape index (κ3) is 3.63. The van der Waals surface area contributed by atoms with Gasteiger partial charge >= 0.3 is 0 Å². The zero-order valence-electron chi connectivity index (χ0n) is 17.9. The van der Waals surface area contributed by atoms with Crippen LogP contribution in [0.1, 0.15) is 27.3 Å². The van der Waals surface area contributed by atoms with E-state index in [2.05, 4.69) is 47.3 Å². The number of hydrogen-bond donors (Lipinski definition) is 0. The van der Waals surface area contributed by atoms with Crippen molar-refractivity contribution in [2.45, 2.75) is 20.8 Å². The predicted octanol–water partition coefficient (Wildman–Crippen LogP) is 3.16. The molecule has 1 amide bonds. The van der Waals surface area contributed by atoms with Gasteiger partial charge in [-0.05, 0) is 56.2 Å². The lowest BCUT2D eigenvalue weighted by atomic mass is 10.1. The van der Waals surface area contributed by atoms with Crippen LogP contribution in [0.5, 0.6) is 5.75 Å². The fourth-order valence-corrected chi connectivity index (χ4v) is 3.82. The summed E-state index contributed by atoms with van der Waals surface area (Å²) in [5, 5.41) is 8.46. The lowest BCUT2D eigenvalue weighted by Gasteiger charge is -2.36. The van der Waals surface area contributed by atoms with Gasteiger partial charge in [0.15, 0.2) is 5.69 Å². The summed E-state index contributed by atoms with van der Waals surface area (Å²) in [7, 11) is 1.68. The van der Waals surface area contributed by atoms with E-state index in [0.717, 1.165) is 35.9 Å². The fraction of sp³-hybridized carbons (Fsp3) is 0.348. The van der Waals surface area contributed by atoms with Gasteiger partial charge in [-0.1, -0.05) is 23.4 Å². The van der Waals surface area contributed by atoms with E-state index in [1.54, 1.807) is 11.8 Å². The predicted molar refractivity (Wildman–Crippen MR) is 117 cm³/mol. The summed E-state index contributed by atoms with van der Waals surface area (Å²) in [6, 6.07) is 14.1. The molecule has 2 heterocycles. The Bertz CT molecular complexity index is 1070. The maximum Gasteiger partial charge on any atom is 0.276 e. The van der Waals surface area contributed by atoms with E-state index >= 15 is 0 Å². The third-order valence-corrected chi connectivity index (χ3v) is 5.82. The van der Waals surface area contributed by atoms with Crippen molar-refractivity contribution in [1.82, 2.24) is 19.9 Å². The van der Waals surface area contributed by atoms with Crippen molar-refractivity contribution in [3.05, 3.63) is 65.0 Å². The van der Waals surface area contributed by atoms with Crippen LogP contribution in [-0.4, -0.2) is 59.1 Å². The minimum atomic E-state index is -0.0674. The average molecular weight is 406 g/mol. The first-order valence-electron chi connectivity index (χ1n) is 10.2. The van der Waals surface area contributed by atoms with Crippen LogP contribution in [0, 0.1) is 20.8 Å². The highest BCUT2D eigenvalue weighted by atomic mass is 16.5. The quantitative estimate of drug-likeness (QED) is 0.667. The molecule has 30 heavy (non-hydrogen) atoms. The highest BCUT2D eigenvalue weighted by molar-refractivity contribution is 5.93. The van der Waals surface area contributed by atoms with Gasteiger partial charge in [-0.2, -0.15) is 0 Å². The number of aryl methyl sites for hydroxylation is 2. The molecule has 3 aromatic rings. The molecule has 1 aromatic heterocycles. The molecule has 7 heteroatoms. The molecule has 156 valence electrons. The summed E-state index contributed by atoms with van der Waals surface area (Å²) >= 11 is 0. The normalized spacial score (nSPS) is 14.1. The molecule has 0 saturated carbocycles. The van der Waals surface area contributed by atoms with Gasteiger partial charge in [0, 0.05) is 26.2 Å². The van der Waals surface area contributed by atoms with Gasteiger partial charge < -0.3 is 14.5 Å². The number of benzene rings is 2. The maximum absolute atomic E-state index is 13.1. The topological polar surface area (TPSA) is 63.5 Å².